The average Bonchev–Trinajstić information content (AvgIpc) is 2.96. The van der Waals surface area contributed by atoms with E-state index in [2.05, 4.69) is 10.3 Å². The second-order valence-corrected chi connectivity index (χ2v) is 9.99. The third kappa shape index (κ3) is 5.95. The molecule has 2 amide bonds. The van der Waals surface area contributed by atoms with E-state index in [1.54, 1.807) is 29.2 Å². The zero-order valence-electron chi connectivity index (χ0n) is 17.3. The number of nitrogens with zero attached hydrogens (tertiary/aromatic N) is 2. The van der Waals surface area contributed by atoms with Gasteiger partial charge in [0.2, 0.25) is 11.8 Å². The SMILES string of the molecule is Cc1ccc(N=C2SC(CC(=O)Nc3cccc(Cl)c3Cl)C(=O)N2CC(C)C)cc1Cl. The zero-order chi connectivity index (χ0) is 22.7. The summed E-state index contributed by atoms with van der Waals surface area (Å²) in [6, 6.07) is 10.5. The predicted molar refractivity (Wildman–Crippen MR) is 131 cm³/mol. The van der Waals surface area contributed by atoms with Crippen molar-refractivity contribution in [3.63, 3.8) is 0 Å². The number of carbonyl (C=O) groups excluding carboxylic acids is 2. The molecule has 3 rings (SSSR count). The molecule has 164 valence electrons. The maximum absolute atomic E-state index is 13.0. The highest BCUT2D eigenvalue weighted by molar-refractivity contribution is 8.15. The van der Waals surface area contributed by atoms with E-state index in [9.17, 15) is 9.59 Å². The normalized spacial score (nSPS) is 17.6. The number of thioether (sulfide) groups is 1. The van der Waals surface area contributed by atoms with Gasteiger partial charge in [-0.05, 0) is 42.7 Å². The zero-order valence-corrected chi connectivity index (χ0v) is 20.4. The van der Waals surface area contributed by atoms with E-state index in [1.165, 1.54) is 11.8 Å². The Balaban J connectivity index is 1.79. The molecule has 2 aromatic rings. The van der Waals surface area contributed by atoms with E-state index in [-0.39, 0.29) is 29.2 Å². The van der Waals surface area contributed by atoms with Crippen LogP contribution in [0.2, 0.25) is 15.1 Å². The van der Waals surface area contributed by atoms with Crippen molar-refractivity contribution in [1.82, 2.24) is 4.90 Å². The number of amides is 2. The number of benzene rings is 2. The van der Waals surface area contributed by atoms with Gasteiger partial charge in [0.15, 0.2) is 5.17 Å². The van der Waals surface area contributed by atoms with Gasteiger partial charge >= 0.3 is 0 Å². The lowest BCUT2D eigenvalue weighted by molar-refractivity contribution is -0.128. The summed E-state index contributed by atoms with van der Waals surface area (Å²) in [5.74, 6) is -0.212. The van der Waals surface area contributed by atoms with E-state index in [0.717, 1.165) is 5.56 Å². The molecule has 2 aromatic carbocycles. The number of hydrogen-bond donors (Lipinski definition) is 1. The van der Waals surface area contributed by atoms with Crippen LogP contribution in [0, 0.1) is 12.8 Å². The molecule has 1 fully saturated rings. The maximum Gasteiger partial charge on any atom is 0.242 e. The van der Waals surface area contributed by atoms with E-state index >= 15 is 0 Å². The van der Waals surface area contributed by atoms with Gasteiger partial charge in [0.1, 0.15) is 5.25 Å². The Hall–Kier alpha value is -1.73. The predicted octanol–water partition coefficient (Wildman–Crippen LogP) is 6.57. The van der Waals surface area contributed by atoms with E-state index in [0.29, 0.717) is 33.1 Å². The lowest BCUT2D eigenvalue weighted by Gasteiger charge is -2.18. The van der Waals surface area contributed by atoms with Crippen molar-refractivity contribution in [3.8, 4) is 0 Å². The fraction of sp³-hybridized carbons (Fsp3) is 0.318. The van der Waals surface area contributed by atoms with Crippen LogP contribution in [0.5, 0.6) is 0 Å². The number of anilines is 1. The third-order valence-electron chi connectivity index (χ3n) is 4.54. The minimum absolute atomic E-state index is 0.00535. The van der Waals surface area contributed by atoms with E-state index in [4.69, 9.17) is 34.8 Å². The van der Waals surface area contributed by atoms with Crippen molar-refractivity contribution >= 4 is 74.9 Å². The summed E-state index contributed by atoms with van der Waals surface area (Å²) >= 11 is 19.6. The van der Waals surface area contributed by atoms with Crippen molar-refractivity contribution < 1.29 is 9.59 Å². The van der Waals surface area contributed by atoms with Crippen LogP contribution in [-0.4, -0.2) is 33.7 Å². The topological polar surface area (TPSA) is 61.8 Å². The molecular formula is C22H22Cl3N3O2S. The molecule has 0 radical (unpaired) electrons. The quantitative estimate of drug-likeness (QED) is 0.490. The van der Waals surface area contributed by atoms with Gasteiger partial charge in [-0.1, -0.05) is 72.5 Å². The van der Waals surface area contributed by atoms with Crippen LogP contribution >= 0.6 is 46.6 Å². The van der Waals surface area contributed by atoms with Crippen LogP contribution < -0.4 is 5.32 Å². The maximum atomic E-state index is 13.0. The van der Waals surface area contributed by atoms with E-state index < -0.39 is 5.25 Å². The molecule has 1 unspecified atom stereocenters. The van der Waals surface area contributed by atoms with Gasteiger partial charge in [-0.15, -0.1) is 0 Å². The molecule has 1 heterocycles. The van der Waals surface area contributed by atoms with Crippen LogP contribution in [0.4, 0.5) is 11.4 Å². The van der Waals surface area contributed by atoms with Gasteiger partial charge in [0.25, 0.3) is 0 Å². The van der Waals surface area contributed by atoms with Crippen LogP contribution in [-0.2, 0) is 9.59 Å². The van der Waals surface area contributed by atoms with Gasteiger partial charge in [-0.3, -0.25) is 14.5 Å². The Kier molecular flexibility index (Phi) is 7.92. The first kappa shape index (κ1) is 23.9. The lowest BCUT2D eigenvalue weighted by Crippen LogP contribution is -2.36. The molecule has 1 saturated heterocycles. The number of aliphatic imine (C=N–C) groups is 1. The fourth-order valence-electron chi connectivity index (χ4n) is 2.99. The van der Waals surface area contributed by atoms with Crippen LogP contribution in [0.25, 0.3) is 0 Å². The van der Waals surface area contributed by atoms with Crippen LogP contribution in [0.15, 0.2) is 41.4 Å². The van der Waals surface area contributed by atoms with Gasteiger partial charge in [-0.25, -0.2) is 4.99 Å². The molecule has 9 heteroatoms. The summed E-state index contributed by atoms with van der Waals surface area (Å²) in [5.41, 5.74) is 2.03. The molecule has 0 aromatic heterocycles. The van der Waals surface area contributed by atoms with Gasteiger partial charge in [-0.2, -0.15) is 0 Å². The highest BCUT2D eigenvalue weighted by Crippen LogP contribution is 2.34. The summed E-state index contributed by atoms with van der Waals surface area (Å²) < 4.78 is 0. The van der Waals surface area contributed by atoms with Crippen molar-refractivity contribution in [2.75, 3.05) is 11.9 Å². The molecule has 1 N–H and O–H groups in total. The Labute approximate surface area is 201 Å². The standard InChI is InChI=1S/C22H22Cl3N3O2S/c1-12(2)11-28-21(30)18(10-19(29)27-17-6-4-5-15(23)20(17)25)31-22(28)26-14-8-7-13(3)16(24)9-14/h4-9,12,18H,10-11H2,1-3H3,(H,27,29). The molecule has 5 nitrogen and oxygen atoms in total. The second-order valence-electron chi connectivity index (χ2n) is 7.63. The highest BCUT2D eigenvalue weighted by atomic mass is 35.5. The minimum Gasteiger partial charge on any atom is -0.325 e. The van der Waals surface area contributed by atoms with Crippen molar-refractivity contribution in [1.29, 1.82) is 0 Å². The van der Waals surface area contributed by atoms with Crippen LogP contribution in [0.3, 0.4) is 0 Å². The summed E-state index contributed by atoms with van der Waals surface area (Å²) in [6.07, 6.45) is -0.00535. The number of nitrogens with one attached hydrogen (secondary N) is 1. The molecule has 1 aliphatic heterocycles. The van der Waals surface area contributed by atoms with Gasteiger partial charge in [0, 0.05) is 18.0 Å². The average molecular weight is 499 g/mol. The molecule has 0 saturated carbocycles. The first-order chi connectivity index (χ1) is 14.7. The molecule has 1 aliphatic rings. The number of rotatable bonds is 6. The summed E-state index contributed by atoms with van der Waals surface area (Å²) in [5, 5.41) is 3.96. The monoisotopic (exact) mass is 497 g/mol. The smallest absolute Gasteiger partial charge is 0.242 e. The van der Waals surface area contributed by atoms with E-state index in [1.807, 2.05) is 32.9 Å². The van der Waals surface area contributed by atoms with Gasteiger partial charge in [0.05, 0.1) is 21.4 Å². The Bertz CT molecular complexity index is 1040. The molecule has 0 spiro atoms. The Morgan fingerprint density at radius 1 is 1.19 bits per heavy atom. The fourth-order valence-corrected chi connectivity index (χ4v) is 4.68. The first-order valence-electron chi connectivity index (χ1n) is 9.72. The number of halogens is 3. The molecule has 1 atom stereocenters. The summed E-state index contributed by atoms with van der Waals surface area (Å²) in [7, 11) is 0. The van der Waals surface area contributed by atoms with Gasteiger partial charge < -0.3 is 5.32 Å². The molecule has 0 aliphatic carbocycles. The number of hydrogen-bond acceptors (Lipinski definition) is 4. The lowest BCUT2D eigenvalue weighted by atomic mass is 10.2. The van der Waals surface area contributed by atoms with Crippen molar-refractivity contribution in [3.05, 3.63) is 57.0 Å². The largest absolute Gasteiger partial charge is 0.325 e. The summed E-state index contributed by atoms with van der Waals surface area (Å²) in [4.78, 5) is 31.9. The first-order valence-corrected chi connectivity index (χ1v) is 11.7. The number of carbonyl (C=O) groups is 2. The molecular weight excluding hydrogens is 477 g/mol. The van der Waals surface area contributed by atoms with Crippen molar-refractivity contribution in [2.45, 2.75) is 32.4 Å². The number of amidine groups is 1. The number of aryl methyl sites for hydroxylation is 1. The second kappa shape index (κ2) is 10.3. The molecule has 31 heavy (non-hydrogen) atoms. The third-order valence-corrected chi connectivity index (χ3v) is 6.95. The van der Waals surface area contributed by atoms with Crippen molar-refractivity contribution in [2.24, 2.45) is 10.9 Å². The Morgan fingerprint density at radius 2 is 1.94 bits per heavy atom. The summed E-state index contributed by atoms with van der Waals surface area (Å²) in [6.45, 7) is 6.49. The molecule has 0 bridgehead atoms. The van der Waals surface area contributed by atoms with Crippen LogP contribution in [0.1, 0.15) is 25.8 Å². The minimum atomic E-state index is -0.573. The highest BCUT2D eigenvalue weighted by Gasteiger charge is 2.39. The Morgan fingerprint density at radius 3 is 2.61 bits per heavy atom.